The first-order chi connectivity index (χ1) is 8.00. The van der Waals surface area contributed by atoms with Gasteiger partial charge in [-0.3, -0.25) is 9.98 Å². The van der Waals surface area contributed by atoms with Crippen molar-refractivity contribution in [1.29, 1.82) is 0 Å². The molecule has 5 nitrogen and oxygen atoms in total. The summed E-state index contributed by atoms with van der Waals surface area (Å²) in [6.45, 7) is 1.62. The van der Waals surface area contributed by atoms with Crippen LogP contribution in [0.25, 0.3) is 0 Å². The molecule has 0 amide bonds. The molecule has 0 saturated heterocycles. The van der Waals surface area contributed by atoms with E-state index in [0.29, 0.717) is 0 Å². The number of pyridine rings is 1. The van der Waals surface area contributed by atoms with Crippen molar-refractivity contribution in [2.75, 3.05) is 13.2 Å². The summed E-state index contributed by atoms with van der Waals surface area (Å²) < 4.78 is 4.65. The maximum atomic E-state index is 4.65. The Balaban J connectivity index is 0.000000121. The molecule has 0 radical (unpaired) electrons. The minimum absolute atomic E-state index is 0.778. The van der Waals surface area contributed by atoms with Gasteiger partial charge in [0.25, 0.3) is 0 Å². The van der Waals surface area contributed by atoms with Crippen LogP contribution in [0.1, 0.15) is 0 Å². The highest BCUT2D eigenvalue weighted by Gasteiger charge is 1.84. The van der Waals surface area contributed by atoms with Gasteiger partial charge in [-0.25, -0.2) is 4.98 Å². The van der Waals surface area contributed by atoms with Crippen LogP contribution >= 0.6 is 0 Å². The molecule has 1 N–H and O–H groups in total. The van der Waals surface area contributed by atoms with Crippen molar-refractivity contribution in [2.24, 2.45) is 4.99 Å². The fraction of sp³-hybridized carbons (Fsp3) is 0.182. The van der Waals surface area contributed by atoms with E-state index in [2.05, 4.69) is 24.7 Å². The number of nitrogens with zero attached hydrogens (tertiary/aromatic N) is 3. The molecular formula is C11H14N4O. The third-order valence-corrected chi connectivity index (χ3v) is 1.46. The van der Waals surface area contributed by atoms with E-state index in [4.69, 9.17) is 0 Å². The minimum atomic E-state index is 0.778. The Bertz CT molecular complexity index is 297. The van der Waals surface area contributed by atoms with Gasteiger partial charge in [0.1, 0.15) is 6.61 Å². The van der Waals surface area contributed by atoms with Gasteiger partial charge in [-0.15, -0.1) is 0 Å². The molecule has 0 saturated carbocycles. The Morgan fingerprint density at radius 1 is 1.00 bits per heavy atom. The van der Waals surface area contributed by atoms with Crippen molar-refractivity contribution < 1.29 is 4.74 Å². The van der Waals surface area contributed by atoms with E-state index < -0.39 is 0 Å². The summed E-state index contributed by atoms with van der Waals surface area (Å²) in [6.07, 6.45) is 10.1. The maximum Gasteiger partial charge on any atom is 0.169 e. The normalized spacial score (nSPS) is 11.5. The molecule has 84 valence electrons. The molecule has 5 heteroatoms. The van der Waals surface area contributed by atoms with Gasteiger partial charge in [-0.1, -0.05) is 6.07 Å². The summed E-state index contributed by atoms with van der Waals surface area (Å²) in [6, 6.07) is 5.72. The summed E-state index contributed by atoms with van der Waals surface area (Å²) in [4.78, 5) is 13.9. The van der Waals surface area contributed by atoms with Crippen LogP contribution in [0.2, 0.25) is 0 Å². The second-order valence-corrected chi connectivity index (χ2v) is 2.67. The Labute approximate surface area is 94.2 Å². The first-order valence-electron chi connectivity index (χ1n) is 4.88. The average Bonchev–Trinajstić information content (AvgIpc) is 3.10. The summed E-state index contributed by atoms with van der Waals surface area (Å²) in [5.41, 5.74) is 0. The van der Waals surface area contributed by atoms with Gasteiger partial charge in [-0.05, 0) is 12.1 Å². The second kappa shape index (κ2) is 9.39. The van der Waals surface area contributed by atoms with Crippen molar-refractivity contribution in [1.82, 2.24) is 15.0 Å². The number of rotatable bonds is 0. The predicted octanol–water partition coefficient (Wildman–Crippen LogP) is 1.54. The van der Waals surface area contributed by atoms with E-state index in [1.54, 1.807) is 31.1 Å². The highest BCUT2D eigenvalue weighted by atomic mass is 16.5. The molecule has 0 unspecified atom stereocenters. The smallest absolute Gasteiger partial charge is 0.169 e. The molecule has 2 aromatic heterocycles. The Kier molecular flexibility index (Phi) is 6.98. The number of imidazole rings is 1. The van der Waals surface area contributed by atoms with Crippen LogP contribution in [-0.4, -0.2) is 34.5 Å². The van der Waals surface area contributed by atoms with Gasteiger partial charge in [0, 0.05) is 24.8 Å². The molecule has 2 aromatic rings. The van der Waals surface area contributed by atoms with Crippen LogP contribution in [0.4, 0.5) is 0 Å². The second-order valence-electron chi connectivity index (χ2n) is 2.67. The lowest BCUT2D eigenvalue weighted by molar-refractivity contribution is 0.361. The monoisotopic (exact) mass is 218 g/mol. The number of ether oxygens (including phenoxy) is 1. The average molecular weight is 218 g/mol. The molecule has 0 spiro atoms. The summed E-state index contributed by atoms with van der Waals surface area (Å²) in [5, 5.41) is 0. The minimum Gasteiger partial charge on any atom is -0.482 e. The number of aromatic nitrogens is 3. The van der Waals surface area contributed by atoms with Gasteiger partial charge in [0.05, 0.1) is 12.9 Å². The Morgan fingerprint density at radius 3 is 2.06 bits per heavy atom. The van der Waals surface area contributed by atoms with Crippen molar-refractivity contribution in [3.63, 3.8) is 0 Å². The first kappa shape index (κ1) is 11.9. The van der Waals surface area contributed by atoms with Crippen LogP contribution < -0.4 is 0 Å². The van der Waals surface area contributed by atoms with Crippen LogP contribution in [0.3, 0.4) is 0 Å². The zero-order chi connectivity index (χ0) is 11.3. The van der Waals surface area contributed by atoms with E-state index in [1.807, 2.05) is 18.2 Å². The maximum absolute atomic E-state index is 4.65. The van der Waals surface area contributed by atoms with Gasteiger partial charge in [-0.2, -0.15) is 0 Å². The lowest BCUT2D eigenvalue weighted by Gasteiger charge is -1.76. The van der Waals surface area contributed by atoms with Crippen LogP contribution in [0.15, 0.2) is 54.3 Å². The number of aliphatic imine (C=N–C) groups is 1. The van der Waals surface area contributed by atoms with Gasteiger partial charge >= 0.3 is 0 Å². The van der Waals surface area contributed by atoms with E-state index in [0.717, 1.165) is 13.2 Å². The molecule has 16 heavy (non-hydrogen) atoms. The topological polar surface area (TPSA) is 63.2 Å². The van der Waals surface area contributed by atoms with Crippen LogP contribution in [-0.2, 0) is 4.74 Å². The van der Waals surface area contributed by atoms with Crippen LogP contribution in [0.5, 0.6) is 0 Å². The van der Waals surface area contributed by atoms with Gasteiger partial charge < -0.3 is 9.72 Å². The van der Waals surface area contributed by atoms with E-state index in [-0.39, 0.29) is 0 Å². The predicted molar refractivity (Wildman–Crippen MR) is 62.1 cm³/mol. The quantitative estimate of drug-likeness (QED) is 0.729. The molecule has 0 aromatic carbocycles. The third kappa shape index (κ3) is 7.25. The SMILES string of the molecule is C1=NCCO1.c1c[nH]cn1.c1ccncc1. The Morgan fingerprint density at radius 2 is 1.88 bits per heavy atom. The van der Waals surface area contributed by atoms with Crippen molar-refractivity contribution >= 4 is 6.40 Å². The third-order valence-electron chi connectivity index (χ3n) is 1.46. The molecule has 0 bridgehead atoms. The van der Waals surface area contributed by atoms with E-state index in [1.165, 1.54) is 6.40 Å². The molecule has 1 aliphatic heterocycles. The molecule has 0 aliphatic carbocycles. The number of H-pyrrole nitrogens is 1. The standard InChI is InChI=1S/C5H5N.C3H4N2.C3H5NO/c1-2-4-6-5-3-1;2*1-2-5-3-4-1/h1-5H;1-3H,(H,4,5);3H,1-2H2. The first-order valence-corrected chi connectivity index (χ1v) is 4.88. The molecular weight excluding hydrogens is 204 g/mol. The highest BCUT2D eigenvalue weighted by molar-refractivity contribution is 5.47. The fourth-order valence-corrected chi connectivity index (χ4v) is 0.791. The van der Waals surface area contributed by atoms with Crippen LogP contribution in [0, 0.1) is 0 Å². The number of nitrogens with one attached hydrogen (secondary N) is 1. The summed E-state index contributed by atoms with van der Waals surface area (Å²) in [5.74, 6) is 0. The zero-order valence-electron chi connectivity index (χ0n) is 8.86. The number of hydrogen-bond donors (Lipinski definition) is 1. The largest absolute Gasteiger partial charge is 0.482 e. The lowest BCUT2D eigenvalue weighted by atomic mass is 10.5. The molecule has 3 rings (SSSR count). The zero-order valence-corrected chi connectivity index (χ0v) is 8.86. The fourth-order valence-electron chi connectivity index (χ4n) is 0.791. The lowest BCUT2D eigenvalue weighted by Crippen LogP contribution is -1.80. The van der Waals surface area contributed by atoms with E-state index >= 15 is 0 Å². The molecule has 3 heterocycles. The van der Waals surface area contributed by atoms with Gasteiger partial charge in [0.2, 0.25) is 0 Å². The molecule has 1 aliphatic rings. The number of hydrogen-bond acceptors (Lipinski definition) is 4. The van der Waals surface area contributed by atoms with Crippen molar-refractivity contribution in [3.05, 3.63) is 49.3 Å². The number of aromatic amines is 1. The Hall–Kier alpha value is -2.17. The van der Waals surface area contributed by atoms with E-state index in [9.17, 15) is 0 Å². The van der Waals surface area contributed by atoms with Crippen molar-refractivity contribution in [3.8, 4) is 0 Å². The summed E-state index contributed by atoms with van der Waals surface area (Å²) >= 11 is 0. The van der Waals surface area contributed by atoms with Gasteiger partial charge in [0.15, 0.2) is 6.40 Å². The molecule has 0 fully saturated rings. The highest BCUT2D eigenvalue weighted by Crippen LogP contribution is 1.78. The van der Waals surface area contributed by atoms with Crippen molar-refractivity contribution in [2.45, 2.75) is 0 Å². The summed E-state index contributed by atoms with van der Waals surface area (Å²) in [7, 11) is 0. The molecule has 0 atom stereocenters.